The third-order valence-electron chi connectivity index (χ3n) is 4.75. The highest BCUT2D eigenvalue weighted by atomic mass is 16.5. The lowest BCUT2D eigenvalue weighted by Gasteiger charge is -2.34. The molecule has 6 heteroatoms. The minimum atomic E-state index is -0.521. The van der Waals surface area contributed by atoms with E-state index in [4.69, 9.17) is 4.74 Å². The molecule has 0 bridgehead atoms. The van der Waals surface area contributed by atoms with Crippen LogP contribution in [-0.4, -0.2) is 61.1 Å². The molecule has 0 saturated carbocycles. The van der Waals surface area contributed by atoms with E-state index in [0.29, 0.717) is 24.8 Å². The van der Waals surface area contributed by atoms with Gasteiger partial charge in [0.2, 0.25) is 0 Å². The molecule has 1 aliphatic heterocycles. The van der Waals surface area contributed by atoms with Crippen LogP contribution in [0.1, 0.15) is 45.1 Å². The van der Waals surface area contributed by atoms with Crippen LogP contribution in [-0.2, 0) is 4.79 Å². The van der Waals surface area contributed by atoms with E-state index in [-0.39, 0.29) is 18.0 Å². The molecule has 1 aromatic rings. The molecule has 1 aliphatic rings. The van der Waals surface area contributed by atoms with Crippen LogP contribution in [0.3, 0.4) is 0 Å². The molecule has 1 atom stereocenters. The molecule has 144 valence electrons. The van der Waals surface area contributed by atoms with E-state index in [1.54, 1.807) is 21.0 Å². The highest BCUT2D eigenvalue weighted by molar-refractivity contribution is 5.81. The van der Waals surface area contributed by atoms with Gasteiger partial charge in [-0.2, -0.15) is 0 Å². The maximum absolute atomic E-state index is 12.6. The van der Waals surface area contributed by atoms with Gasteiger partial charge in [0.15, 0.2) is 6.10 Å². The number of carbonyl (C=O) groups is 2. The first kappa shape index (κ1) is 20.1. The highest BCUT2D eigenvalue weighted by Crippen LogP contribution is 2.20. The van der Waals surface area contributed by atoms with Crippen molar-refractivity contribution in [2.24, 2.45) is 0 Å². The zero-order valence-electron chi connectivity index (χ0n) is 16.5. The van der Waals surface area contributed by atoms with Gasteiger partial charge in [-0.1, -0.05) is 26.0 Å². The van der Waals surface area contributed by atoms with Crippen molar-refractivity contribution >= 4 is 11.9 Å². The molecule has 0 spiro atoms. The largest absolute Gasteiger partial charge is 0.481 e. The summed E-state index contributed by atoms with van der Waals surface area (Å²) in [6.07, 6.45) is 1.01. The first-order valence-electron chi connectivity index (χ1n) is 9.31. The number of hydrogen-bond donors (Lipinski definition) is 1. The number of amides is 3. The second kappa shape index (κ2) is 8.92. The van der Waals surface area contributed by atoms with Gasteiger partial charge in [0.1, 0.15) is 5.75 Å². The molecule has 0 radical (unpaired) electrons. The molecule has 2 rings (SSSR count). The van der Waals surface area contributed by atoms with E-state index in [1.807, 2.05) is 29.2 Å². The fourth-order valence-electron chi connectivity index (χ4n) is 2.99. The minimum Gasteiger partial charge on any atom is -0.481 e. The Morgan fingerprint density at radius 1 is 1.12 bits per heavy atom. The van der Waals surface area contributed by atoms with Crippen LogP contribution in [0.4, 0.5) is 4.79 Å². The number of piperidine rings is 1. The molecule has 6 nitrogen and oxygen atoms in total. The Kier molecular flexibility index (Phi) is 6.89. The van der Waals surface area contributed by atoms with Gasteiger partial charge in [0, 0.05) is 33.2 Å². The predicted octanol–water partition coefficient (Wildman–Crippen LogP) is 2.84. The maximum Gasteiger partial charge on any atom is 0.317 e. The Labute approximate surface area is 156 Å². The van der Waals surface area contributed by atoms with Crippen LogP contribution >= 0.6 is 0 Å². The van der Waals surface area contributed by atoms with E-state index in [2.05, 4.69) is 19.2 Å². The lowest BCUT2D eigenvalue weighted by molar-refractivity contribution is -0.139. The van der Waals surface area contributed by atoms with Crippen LogP contribution in [0.25, 0.3) is 0 Å². The van der Waals surface area contributed by atoms with Gasteiger partial charge in [0.05, 0.1) is 0 Å². The van der Waals surface area contributed by atoms with E-state index < -0.39 is 6.10 Å². The third-order valence-corrected chi connectivity index (χ3v) is 4.75. The summed E-state index contributed by atoms with van der Waals surface area (Å²) in [4.78, 5) is 27.7. The molecule has 26 heavy (non-hydrogen) atoms. The molecular weight excluding hydrogens is 330 g/mol. The average Bonchev–Trinajstić information content (AvgIpc) is 2.62. The van der Waals surface area contributed by atoms with Gasteiger partial charge in [0.25, 0.3) is 5.91 Å². The normalized spacial score (nSPS) is 16.3. The molecule has 0 aliphatic carbocycles. The molecule has 3 amide bonds. The lowest BCUT2D eigenvalue weighted by Crippen LogP contribution is -2.51. The monoisotopic (exact) mass is 361 g/mol. The maximum atomic E-state index is 12.6. The molecule has 1 saturated heterocycles. The first-order valence-corrected chi connectivity index (χ1v) is 9.31. The summed E-state index contributed by atoms with van der Waals surface area (Å²) in [5.74, 6) is 1.18. The summed E-state index contributed by atoms with van der Waals surface area (Å²) in [5, 5.41) is 2.98. The number of rotatable bonds is 5. The molecule has 1 aromatic carbocycles. The highest BCUT2D eigenvalue weighted by Gasteiger charge is 2.27. The van der Waals surface area contributed by atoms with Crippen molar-refractivity contribution in [1.29, 1.82) is 0 Å². The zero-order valence-corrected chi connectivity index (χ0v) is 16.5. The Morgan fingerprint density at radius 2 is 1.69 bits per heavy atom. The summed E-state index contributed by atoms with van der Waals surface area (Å²) in [6.45, 7) is 7.35. The fourth-order valence-corrected chi connectivity index (χ4v) is 2.99. The van der Waals surface area contributed by atoms with E-state index >= 15 is 0 Å². The van der Waals surface area contributed by atoms with Gasteiger partial charge in [-0.3, -0.25) is 4.79 Å². The van der Waals surface area contributed by atoms with Gasteiger partial charge < -0.3 is 19.9 Å². The number of nitrogens with one attached hydrogen (secondary N) is 1. The number of hydrogen-bond acceptors (Lipinski definition) is 3. The van der Waals surface area contributed by atoms with Gasteiger partial charge in [-0.25, -0.2) is 4.79 Å². The number of nitrogens with zero attached hydrogens (tertiary/aromatic N) is 2. The van der Waals surface area contributed by atoms with Gasteiger partial charge in [-0.05, 0) is 43.4 Å². The molecule has 1 fully saturated rings. The van der Waals surface area contributed by atoms with Crippen LogP contribution in [0, 0.1) is 0 Å². The topological polar surface area (TPSA) is 61.9 Å². The second-order valence-electron chi connectivity index (χ2n) is 7.43. The SMILES string of the molecule is CC(Oc1ccc(C(C)C)cc1)C(=O)N1CCC(NC(=O)N(C)C)CC1. The van der Waals surface area contributed by atoms with Crippen molar-refractivity contribution in [1.82, 2.24) is 15.1 Å². The quantitative estimate of drug-likeness (QED) is 0.877. The van der Waals surface area contributed by atoms with Crippen molar-refractivity contribution in [2.45, 2.75) is 51.7 Å². The van der Waals surface area contributed by atoms with Crippen molar-refractivity contribution in [3.8, 4) is 5.75 Å². The Bertz CT molecular complexity index is 605. The van der Waals surface area contributed by atoms with Crippen molar-refractivity contribution in [2.75, 3.05) is 27.2 Å². The summed E-state index contributed by atoms with van der Waals surface area (Å²) < 4.78 is 5.82. The third kappa shape index (κ3) is 5.38. The summed E-state index contributed by atoms with van der Waals surface area (Å²) in [6, 6.07) is 7.95. The number of urea groups is 1. The van der Waals surface area contributed by atoms with E-state index in [1.165, 1.54) is 10.5 Å². The second-order valence-corrected chi connectivity index (χ2v) is 7.43. The predicted molar refractivity (Wildman–Crippen MR) is 102 cm³/mol. The first-order chi connectivity index (χ1) is 12.3. The smallest absolute Gasteiger partial charge is 0.317 e. The van der Waals surface area contributed by atoms with E-state index in [9.17, 15) is 9.59 Å². The molecule has 1 unspecified atom stereocenters. The van der Waals surface area contributed by atoms with Crippen LogP contribution in [0.15, 0.2) is 24.3 Å². The summed E-state index contributed by atoms with van der Waals surface area (Å²) in [5.41, 5.74) is 1.25. The van der Waals surface area contributed by atoms with Crippen molar-refractivity contribution < 1.29 is 14.3 Å². The Balaban J connectivity index is 1.82. The standard InChI is InChI=1S/C20H31N3O3/c1-14(2)16-6-8-18(9-7-16)26-15(3)19(24)23-12-10-17(11-13-23)21-20(25)22(4)5/h6-9,14-15,17H,10-13H2,1-5H3,(H,21,25). The van der Waals surface area contributed by atoms with Crippen molar-refractivity contribution in [3.05, 3.63) is 29.8 Å². The minimum absolute atomic E-state index is 0.00433. The molecule has 1 heterocycles. The summed E-state index contributed by atoms with van der Waals surface area (Å²) in [7, 11) is 3.45. The fraction of sp³-hybridized carbons (Fsp3) is 0.600. The number of likely N-dealkylation sites (tertiary alicyclic amines) is 1. The number of benzene rings is 1. The van der Waals surface area contributed by atoms with Gasteiger partial charge >= 0.3 is 6.03 Å². The van der Waals surface area contributed by atoms with Crippen molar-refractivity contribution in [3.63, 3.8) is 0 Å². The molecule has 0 aromatic heterocycles. The van der Waals surface area contributed by atoms with Crippen LogP contribution < -0.4 is 10.1 Å². The van der Waals surface area contributed by atoms with Gasteiger partial charge in [-0.15, -0.1) is 0 Å². The summed E-state index contributed by atoms with van der Waals surface area (Å²) >= 11 is 0. The Hall–Kier alpha value is -2.24. The zero-order chi connectivity index (χ0) is 19.3. The number of carbonyl (C=O) groups excluding carboxylic acids is 2. The van der Waals surface area contributed by atoms with Crippen LogP contribution in [0.2, 0.25) is 0 Å². The Morgan fingerprint density at radius 3 is 2.19 bits per heavy atom. The lowest BCUT2D eigenvalue weighted by atomic mass is 10.0. The average molecular weight is 361 g/mol. The molecular formula is C20H31N3O3. The van der Waals surface area contributed by atoms with E-state index in [0.717, 1.165) is 12.8 Å². The molecule has 1 N–H and O–H groups in total. The van der Waals surface area contributed by atoms with Crippen LogP contribution in [0.5, 0.6) is 5.75 Å². The number of ether oxygens (including phenoxy) is 1.